The predicted octanol–water partition coefficient (Wildman–Crippen LogP) is 14.8. The maximum Gasteiger partial charge on any atom is 0.268 e. The van der Waals surface area contributed by atoms with Gasteiger partial charge in [-0.1, -0.05) is 171 Å². The first kappa shape index (κ1) is 33.9. The number of pyridine rings is 1. The monoisotopic (exact) mass is 1050 g/mol. The van der Waals surface area contributed by atoms with Gasteiger partial charge in [-0.25, -0.2) is 4.98 Å². The average Bonchev–Trinajstić information content (AvgIpc) is 3.97. The number of fused-ring (bicyclic) bond motifs is 4. The first-order chi connectivity index (χ1) is 35.3. The Balaban J connectivity index is 0.00000706. The fourth-order valence-corrected chi connectivity index (χ4v) is 8.38. The Morgan fingerprint density at radius 2 is 1.29 bits per heavy atom. The molecule has 0 bridgehead atoms. The largest absolute Gasteiger partial charge is 0.510 e. The van der Waals surface area contributed by atoms with Gasteiger partial charge in [0.25, 0.3) is 6.33 Å². The summed E-state index contributed by atoms with van der Waals surface area (Å²) in [4.78, 5) is 4.82. The van der Waals surface area contributed by atoms with E-state index >= 15 is 0 Å². The van der Waals surface area contributed by atoms with Crippen LogP contribution in [0.1, 0.15) is 92.7 Å². The van der Waals surface area contributed by atoms with Crippen molar-refractivity contribution < 1.29 is 44.1 Å². The molecule has 0 unspecified atom stereocenters. The summed E-state index contributed by atoms with van der Waals surface area (Å²) in [7, 11) is 0. The van der Waals surface area contributed by atoms with Crippen molar-refractivity contribution in [3.8, 4) is 50.9 Å². The smallest absolute Gasteiger partial charge is 0.268 e. The van der Waals surface area contributed by atoms with Crippen LogP contribution in [-0.2, 0) is 37.3 Å². The Kier molecular flexibility index (Phi) is 8.73. The minimum atomic E-state index is -0.587. The van der Waals surface area contributed by atoms with Crippen LogP contribution in [0.25, 0.3) is 72.3 Å². The van der Waals surface area contributed by atoms with Gasteiger partial charge < -0.3 is 13.9 Å². The van der Waals surface area contributed by atoms with Crippen molar-refractivity contribution in [2.75, 3.05) is 0 Å². The van der Waals surface area contributed by atoms with Crippen molar-refractivity contribution in [3.63, 3.8) is 0 Å². The van der Waals surface area contributed by atoms with Crippen molar-refractivity contribution in [2.24, 2.45) is 0 Å². The Bertz CT molecular complexity index is 3950. The standard InChI is InChI=1S/C60H54N4O.Pt/c1-58(2,3)43-31-32-61-56(36-43)64-52-26-17-16-25-48(52)49-29-28-47(38-54(49)64)65-46-24-18-23-45(37-46)62-39-63(53-30-27-42(33-55(53)62)40-19-12-10-13-20-40)57-50(41-21-14-11-15-22-41)34-44(59(4,5)6)35-51(57)60(7,8)9;/h10-36H,1-9H3;/q-2;/i10D,11D,12D,13D,14D,15D,19D,20D,21D,22D;. The number of hydrogen-bond donors (Lipinski definition) is 0. The molecular weight excluding hydrogens is 988 g/mol. The van der Waals surface area contributed by atoms with Gasteiger partial charge in [0.05, 0.1) is 30.4 Å². The van der Waals surface area contributed by atoms with Crippen LogP contribution in [0.5, 0.6) is 11.5 Å². The molecule has 6 heteroatoms. The van der Waals surface area contributed by atoms with Crippen LogP contribution in [0.4, 0.5) is 0 Å². The number of benzene rings is 7. The molecule has 0 fully saturated rings. The van der Waals surface area contributed by atoms with E-state index in [-0.39, 0.29) is 61.8 Å². The molecule has 66 heavy (non-hydrogen) atoms. The van der Waals surface area contributed by atoms with Crippen molar-refractivity contribution in [3.05, 3.63) is 199 Å². The molecule has 10 rings (SSSR count). The van der Waals surface area contributed by atoms with Crippen LogP contribution >= 0.6 is 0 Å². The van der Waals surface area contributed by atoms with E-state index in [1.807, 2.05) is 59.3 Å². The number of para-hydroxylation sites is 1. The van der Waals surface area contributed by atoms with Gasteiger partial charge in [-0.15, -0.1) is 29.7 Å². The van der Waals surface area contributed by atoms with Gasteiger partial charge >= 0.3 is 0 Å². The number of ether oxygens (including phenoxy) is 1. The van der Waals surface area contributed by atoms with Gasteiger partial charge in [0, 0.05) is 44.3 Å². The van der Waals surface area contributed by atoms with Crippen LogP contribution < -0.4 is 9.30 Å². The summed E-state index contributed by atoms with van der Waals surface area (Å²) < 4.78 is 100. The fraction of sp³-hybridized carbons (Fsp3) is 0.200. The third kappa shape index (κ3) is 8.31. The van der Waals surface area contributed by atoms with E-state index in [4.69, 9.17) is 20.7 Å². The number of rotatable bonds is 7. The first-order valence-corrected chi connectivity index (χ1v) is 21.7. The van der Waals surface area contributed by atoms with Crippen LogP contribution in [0.15, 0.2) is 164 Å². The molecule has 7 aromatic carbocycles. The molecule has 0 N–H and O–H groups in total. The Labute approximate surface area is 417 Å². The number of hydrogen-bond acceptors (Lipinski definition) is 2. The molecule has 0 saturated heterocycles. The maximum absolute atomic E-state index is 9.27. The second-order valence-electron chi connectivity index (χ2n) is 19.5. The molecule has 10 aromatic rings. The first-order valence-electron chi connectivity index (χ1n) is 26.7. The zero-order chi connectivity index (χ0) is 54.0. The third-order valence-corrected chi connectivity index (χ3v) is 11.8. The summed E-state index contributed by atoms with van der Waals surface area (Å²) in [5.41, 5.74) is 6.22. The predicted molar refractivity (Wildman–Crippen MR) is 267 cm³/mol. The van der Waals surface area contributed by atoms with E-state index in [0.29, 0.717) is 45.0 Å². The summed E-state index contributed by atoms with van der Waals surface area (Å²) in [6, 6.07) is 33.5. The molecule has 332 valence electrons. The number of aromatic nitrogens is 4. The maximum atomic E-state index is 9.27. The summed E-state index contributed by atoms with van der Waals surface area (Å²) in [5, 5.41) is 2.01. The van der Waals surface area contributed by atoms with Crippen LogP contribution in [0.3, 0.4) is 0 Å². The SMILES string of the molecule is [2H]c1c([2H])c([2H])c(-c2ccc3c(c2)n(-c2[c-]c(Oc4[c-]c5c(cc4)c4ccccc4n5-c4cc(C(C)(C)C)ccn4)ccc2)[c-][n+]3-c2c(-c3c([2H])c([2H])c([2H])c([2H])c3[2H])cc(C(C)(C)C)cc2C(C)(C)C)c([2H])c1[2H].[Pt]. The third-order valence-electron chi connectivity index (χ3n) is 11.8. The van der Waals surface area contributed by atoms with Gasteiger partial charge in [0.1, 0.15) is 5.82 Å². The van der Waals surface area contributed by atoms with Crippen molar-refractivity contribution in [1.29, 1.82) is 0 Å². The molecule has 0 amide bonds. The Morgan fingerprint density at radius 3 is 2.00 bits per heavy atom. The fourth-order valence-electron chi connectivity index (χ4n) is 8.38. The van der Waals surface area contributed by atoms with Crippen molar-refractivity contribution >= 4 is 32.8 Å². The molecule has 3 aromatic heterocycles. The molecule has 0 atom stereocenters. The Hall–Kier alpha value is -6.55. The van der Waals surface area contributed by atoms with Gasteiger partial charge in [-0.3, -0.25) is 4.57 Å². The van der Waals surface area contributed by atoms with E-state index in [1.54, 1.807) is 28.8 Å². The van der Waals surface area contributed by atoms with Gasteiger partial charge in [0.2, 0.25) is 0 Å². The quantitative estimate of drug-likeness (QED) is 0.118. The van der Waals surface area contributed by atoms with Crippen LogP contribution in [0, 0.1) is 18.5 Å². The van der Waals surface area contributed by atoms with E-state index in [2.05, 4.69) is 110 Å². The van der Waals surface area contributed by atoms with Crippen LogP contribution in [-0.4, -0.2) is 14.1 Å². The zero-order valence-corrected chi connectivity index (χ0v) is 40.6. The van der Waals surface area contributed by atoms with E-state index in [9.17, 15) is 2.74 Å². The van der Waals surface area contributed by atoms with Gasteiger partial charge in [-0.2, -0.15) is 18.2 Å². The normalized spacial score (nSPS) is 14.3. The van der Waals surface area contributed by atoms with E-state index in [0.717, 1.165) is 44.3 Å². The topological polar surface area (TPSA) is 35.9 Å². The van der Waals surface area contributed by atoms with Crippen molar-refractivity contribution in [2.45, 2.75) is 78.6 Å². The molecule has 3 heterocycles. The number of imidazole rings is 1. The van der Waals surface area contributed by atoms with E-state index in [1.165, 1.54) is 0 Å². The molecule has 5 nitrogen and oxygen atoms in total. The molecule has 0 aliphatic carbocycles. The second kappa shape index (κ2) is 17.0. The molecule has 0 aliphatic heterocycles. The van der Waals surface area contributed by atoms with E-state index < -0.39 is 47.1 Å². The molecule has 0 radical (unpaired) electrons. The molecule has 0 spiro atoms. The Morgan fingerprint density at radius 1 is 0.591 bits per heavy atom. The molecule has 0 saturated carbocycles. The van der Waals surface area contributed by atoms with Gasteiger partial charge in [-0.05, 0) is 90.5 Å². The van der Waals surface area contributed by atoms with Gasteiger partial charge in [0.15, 0.2) is 0 Å². The van der Waals surface area contributed by atoms with Crippen LogP contribution in [0.2, 0.25) is 0 Å². The van der Waals surface area contributed by atoms with Crippen molar-refractivity contribution in [1.82, 2.24) is 14.1 Å². The number of nitrogens with zero attached hydrogens (tertiary/aromatic N) is 4. The zero-order valence-electron chi connectivity index (χ0n) is 48.3. The summed E-state index contributed by atoms with van der Waals surface area (Å²) >= 11 is 0. The minimum absolute atomic E-state index is 0. The average molecular weight is 1050 g/mol. The minimum Gasteiger partial charge on any atom is -0.510 e. The summed E-state index contributed by atoms with van der Waals surface area (Å²) in [5.74, 6) is 1.51. The second-order valence-corrected chi connectivity index (χ2v) is 19.5. The summed E-state index contributed by atoms with van der Waals surface area (Å²) in [6.07, 6.45) is 5.40. The molecular formula is C60H54N4OPt-2. The summed E-state index contributed by atoms with van der Waals surface area (Å²) in [6.45, 7) is 18.9. The molecule has 0 aliphatic rings.